The summed E-state index contributed by atoms with van der Waals surface area (Å²) >= 11 is 0. The van der Waals surface area contributed by atoms with Crippen molar-refractivity contribution in [2.75, 3.05) is 13.2 Å². The standard InChI is InChI=1S/C16H20N2O4/c1-3-19-15-9-13(17-21-15)11-5-7-12(8-6-11)14-10-16(20-4-2)22-18-14/h5-8,15-16H,3-4,9-10H2,1-2H3. The summed E-state index contributed by atoms with van der Waals surface area (Å²) in [5, 5.41) is 8.17. The summed E-state index contributed by atoms with van der Waals surface area (Å²) in [4.78, 5) is 10.5. The molecule has 2 heterocycles. The molecule has 2 unspecified atom stereocenters. The number of rotatable bonds is 6. The van der Waals surface area contributed by atoms with Gasteiger partial charge < -0.3 is 19.1 Å². The second kappa shape index (κ2) is 6.89. The fourth-order valence-electron chi connectivity index (χ4n) is 2.46. The highest BCUT2D eigenvalue weighted by Gasteiger charge is 2.24. The topological polar surface area (TPSA) is 61.6 Å². The molecule has 0 aliphatic carbocycles. The van der Waals surface area contributed by atoms with Crippen molar-refractivity contribution in [3.63, 3.8) is 0 Å². The van der Waals surface area contributed by atoms with Crippen molar-refractivity contribution in [3.8, 4) is 0 Å². The average Bonchev–Trinajstić information content (AvgIpc) is 3.18. The predicted octanol–water partition coefficient (Wildman–Crippen LogP) is 2.66. The number of hydrogen-bond donors (Lipinski definition) is 0. The normalized spacial score (nSPS) is 23.7. The Bertz CT molecular complexity index is 517. The van der Waals surface area contributed by atoms with Gasteiger partial charge in [-0.2, -0.15) is 0 Å². The minimum Gasteiger partial charge on any atom is -0.363 e. The molecule has 0 aromatic heterocycles. The molecule has 1 aromatic rings. The lowest BCUT2D eigenvalue weighted by molar-refractivity contribution is -0.120. The van der Waals surface area contributed by atoms with Gasteiger partial charge in [-0.1, -0.05) is 34.6 Å². The highest BCUT2D eigenvalue weighted by molar-refractivity contribution is 6.04. The van der Waals surface area contributed by atoms with Gasteiger partial charge in [-0.05, 0) is 25.0 Å². The molecular formula is C16H20N2O4. The monoisotopic (exact) mass is 304 g/mol. The summed E-state index contributed by atoms with van der Waals surface area (Å²) in [5.41, 5.74) is 3.88. The van der Waals surface area contributed by atoms with Gasteiger partial charge in [0, 0.05) is 13.2 Å². The fourth-order valence-corrected chi connectivity index (χ4v) is 2.46. The van der Waals surface area contributed by atoms with E-state index in [4.69, 9.17) is 19.1 Å². The predicted molar refractivity (Wildman–Crippen MR) is 81.7 cm³/mol. The molecule has 0 saturated carbocycles. The molecule has 2 aliphatic heterocycles. The molecule has 22 heavy (non-hydrogen) atoms. The number of nitrogens with zero attached hydrogens (tertiary/aromatic N) is 2. The molecule has 0 fully saturated rings. The molecule has 2 atom stereocenters. The molecule has 2 aliphatic rings. The van der Waals surface area contributed by atoms with Crippen LogP contribution in [0.3, 0.4) is 0 Å². The molecule has 0 spiro atoms. The fraction of sp³-hybridized carbons (Fsp3) is 0.500. The Morgan fingerprint density at radius 3 is 1.64 bits per heavy atom. The maximum absolute atomic E-state index is 5.41. The van der Waals surface area contributed by atoms with Crippen molar-refractivity contribution in [3.05, 3.63) is 35.4 Å². The second-order valence-electron chi connectivity index (χ2n) is 5.04. The third-order valence-corrected chi connectivity index (χ3v) is 3.54. The van der Waals surface area contributed by atoms with Gasteiger partial charge in [0.25, 0.3) is 0 Å². The molecule has 0 amide bonds. The summed E-state index contributed by atoms with van der Waals surface area (Å²) < 4.78 is 10.8. The molecule has 6 heteroatoms. The molecular weight excluding hydrogens is 284 g/mol. The third-order valence-electron chi connectivity index (χ3n) is 3.54. The molecule has 118 valence electrons. The molecule has 0 bridgehead atoms. The van der Waals surface area contributed by atoms with Crippen LogP contribution in [0.1, 0.15) is 37.8 Å². The minimum atomic E-state index is -0.265. The van der Waals surface area contributed by atoms with E-state index in [1.165, 1.54) is 0 Å². The molecule has 0 radical (unpaired) electrons. The van der Waals surface area contributed by atoms with E-state index in [0.717, 1.165) is 22.6 Å². The van der Waals surface area contributed by atoms with Crippen molar-refractivity contribution in [1.29, 1.82) is 0 Å². The van der Waals surface area contributed by atoms with E-state index in [0.29, 0.717) is 26.1 Å². The van der Waals surface area contributed by atoms with Gasteiger partial charge in [0.15, 0.2) is 0 Å². The first kappa shape index (κ1) is 15.0. The van der Waals surface area contributed by atoms with Crippen LogP contribution < -0.4 is 0 Å². The molecule has 0 N–H and O–H groups in total. The first-order valence-electron chi connectivity index (χ1n) is 7.59. The zero-order chi connectivity index (χ0) is 15.4. The van der Waals surface area contributed by atoms with Crippen LogP contribution in [0.2, 0.25) is 0 Å². The molecule has 1 aromatic carbocycles. The van der Waals surface area contributed by atoms with Crippen molar-refractivity contribution in [2.45, 2.75) is 39.3 Å². The van der Waals surface area contributed by atoms with Gasteiger partial charge in [0.1, 0.15) is 0 Å². The molecule has 6 nitrogen and oxygen atoms in total. The first-order valence-corrected chi connectivity index (χ1v) is 7.59. The SMILES string of the molecule is CCOC1CC(c2ccc(C3=NOC(OCC)C3)cc2)=NO1. The smallest absolute Gasteiger partial charge is 0.232 e. The van der Waals surface area contributed by atoms with E-state index in [1.807, 2.05) is 38.1 Å². The minimum absolute atomic E-state index is 0.265. The van der Waals surface area contributed by atoms with Crippen LogP contribution in [0.4, 0.5) is 0 Å². The summed E-state index contributed by atoms with van der Waals surface area (Å²) in [5.74, 6) is 0. The third kappa shape index (κ3) is 3.28. The van der Waals surface area contributed by atoms with Crippen LogP contribution >= 0.6 is 0 Å². The Kier molecular flexibility index (Phi) is 4.70. The lowest BCUT2D eigenvalue weighted by atomic mass is 10.0. The maximum atomic E-state index is 5.41. The lowest BCUT2D eigenvalue weighted by Gasteiger charge is -2.07. The van der Waals surface area contributed by atoms with Crippen molar-refractivity contribution in [2.24, 2.45) is 10.3 Å². The van der Waals surface area contributed by atoms with Gasteiger partial charge in [0.05, 0.1) is 24.3 Å². The zero-order valence-corrected chi connectivity index (χ0v) is 12.8. The summed E-state index contributed by atoms with van der Waals surface area (Å²) in [6, 6.07) is 8.06. The summed E-state index contributed by atoms with van der Waals surface area (Å²) in [7, 11) is 0. The Hall–Kier alpha value is -1.92. The maximum Gasteiger partial charge on any atom is 0.232 e. The Morgan fingerprint density at radius 1 is 0.864 bits per heavy atom. The van der Waals surface area contributed by atoms with Crippen molar-refractivity contribution >= 4 is 11.4 Å². The van der Waals surface area contributed by atoms with Crippen LogP contribution in [0.5, 0.6) is 0 Å². The molecule has 3 rings (SSSR count). The van der Waals surface area contributed by atoms with Gasteiger partial charge in [-0.15, -0.1) is 0 Å². The van der Waals surface area contributed by atoms with Gasteiger partial charge >= 0.3 is 0 Å². The second-order valence-corrected chi connectivity index (χ2v) is 5.04. The lowest BCUT2D eigenvalue weighted by Crippen LogP contribution is -2.13. The quantitative estimate of drug-likeness (QED) is 0.810. The van der Waals surface area contributed by atoms with Gasteiger partial charge in [0.2, 0.25) is 12.6 Å². The Labute approximate surface area is 129 Å². The van der Waals surface area contributed by atoms with Crippen molar-refractivity contribution in [1.82, 2.24) is 0 Å². The first-order chi connectivity index (χ1) is 10.8. The number of hydrogen-bond acceptors (Lipinski definition) is 6. The molecule has 0 saturated heterocycles. The summed E-state index contributed by atoms with van der Waals surface area (Å²) in [6.45, 7) is 5.12. The van der Waals surface area contributed by atoms with E-state index < -0.39 is 0 Å². The van der Waals surface area contributed by atoms with E-state index in [-0.39, 0.29) is 12.6 Å². The van der Waals surface area contributed by atoms with E-state index in [9.17, 15) is 0 Å². The highest BCUT2D eigenvalue weighted by atomic mass is 16.8. The number of oxime groups is 2. The Balaban J connectivity index is 1.62. The van der Waals surface area contributed by atoms with E-state index in [1.54, 1.807) is 0 Å². The van der Waals surface area contributed by atoms with Crippen LogP contribution in [0.25, 0.3) is 0 Å². The van der Waals surface area contributed by atoms with Gasteiger partial charge in [-0.25, -0.2) is 0 Å². The van der Waals surface area contributed by atoms with Crippen LogP contribution in [0.15, 0.2) is 34.6 Å². The van der Waals surface area contributed by atoms with Gasteiger partial charge in [-0.3, -0.25) is 0 Å². The number of ether oxygens (including phenoxy) is 2. The van der Waals surface area contributed by atoms with E-state index >= 15 is 0 Å². The van der Waals surface area contributed by atoms with Crippen molar-refractivity contribution < 1.29 is 19.1 Å². The highest BCUT2D eigenvalue weighted by Crippen LogP contribution is 2.21. The largest absolute Gasteiger partial charge is 0.363 e. The zero-order valence-electron chi connectivity index (χ0n) is 12.8. The average molecular weight is 304 g/mol. The van der Waals surface area contributed by atoms with Crippen LogP contribution in [-0.4, -0.2) is 37.2 Å². The van der Waals surface area contributed by atoms with Crippen LogP contribution in [0, 0.1) is 0 Å². The van der Waals surface area contributed by atoms with E-state index in [2.05, 4.69) is 10.3 Å². The van der Waals surface area contributed by atoms with Crippen LogP contribution in [-0.2, 0) is 19.1 Å². The summed E-state index contributed by atoms with van der Waals surface area (Å²) in [6.07, 6.45) is 0.811. The Morgan fingerprint density at radius 2 is 1.27 bits per heavy atom. The number of benzene rings is 1.